The topological polar surface area (TPSA) is 15.6 Å². The molecule has 162 valence electrons. The van der Waals surface area contributed by atoms with Crippen molar-refractivity contribution < 1.29 is 0 Å². The van der Waals surface area contributed by atoms with Crippen molar-refractivity contribution in [3.8, 4) is 0 Å². The van der Waals surface area contributed by atoms with Gasteiger partial charge in [0.2, 0.25) is 0 Å². The van der Waals surface area contributed by atoms with Crippen molar-refractivity contribution in [2.75, 3.05) is 5.01 Å². The Balaban J connectivity index is 1.62. The van der Waals surface area contributed by atoms with E-state index < -0.39 is 0 Å². The molecule has 0 amide bonds. The maximum absolute atomic E-state index is 6.69. The molecule has 1 fully saturated rings. The Morgan fingerprint density at radius 1 is 0.844 bits per heavy atom. The van der Waals surface area contributed by atoms with Gasteiger partial charge in [-0.15, -0.1) is 0 Å². The highest BCUT2D eigenvalue weighted by molar-refractivity contribution is 6.36. The lowest BCUT2D eigenvalue weighted by molar-refractivity contribution is 0.488. The average Bonchev–Trinajstić information content (AvgIpc) is 3.17. The molecule has 2 atom stereocenters. The number of fused-ring (bicyclic) bond motifs is 1. The van der Waals surface area contributed by atoms with E-state index in [1.54, 1.807) is 6.07 Å². The van der Waals surface area contributed by atoms with Crippen LogP contribution in [-0.4, -0.2) is 5.71 Å². The minimum atomic E-state index is 0.00144. The highest BCUT2D eigenvalue weighted by atomic mass is 35.5. The molecular weight excluding hydrogens is 482 g/mol. The molecule has 3 aromatic carbocycles. The Morgan fingerprint density at radius 2 is 1.56 bits per heavy atom. The third-order valence-electron chi connectivity index (χ3n) is 6.10. The first-order valence-electron chi connectivity index (χ1n) is 10.5. The summed E-state index contributed by atoms with van der Waals surface area (Å²) < 4.78 is 0. The lowest BCUT2D eigenvalue weighted by Gasteiger charge is -2.31. The fourth-order valence-corrected chi connectivity index (χ4v) is 5.63. The van der Waals surface area contributed by atoms with Crippen LogP contribution >= 0.6 is 46.4 Å². The molecule has 2 nitrogen and oxygen atoms in total. The van der Waals surface area contributed by atoms with Crippen LogP contribution in [0.1, 0.15) is 36.4 Å². The first kappa shape index (κ1) is 21.9. The molecule has 0 spiro atoms. The summed E-state index contributed by atoms with van der Waals surface area (Å²) in [6.45, 7) is 0. The van der Waals surface area contributed by atoms with E-state index in [1.165, 1.54) is 5.57 Å². The Labute approximate surface area is 208 Å². The quantitative estimate of drug-likeness (QED) is 0.349. The minimum Gasteiger partial charge on any atom is -0.257 e. The van der Waals surface area contributed by atoms with Gasteiger partial charge in [0, 0.05) is 26.0 Å². The van der Waals surface area contributed by atoms with Gasteiger partial charge >= 0.3 is 0 Å². The van der Waals surface area contributed by atoms with Gasteiger partial charge in [-0.3, -0.25) is 5.01 Å². The summed E-state index contributed by atoms with van der Waals surface area (Å²) in [5.74, 6) is 0.222. The number of benzene rings is 3. The van der Waals surface area contributed by atoms with Gasteiger partial charge < -0.3 is 0 Å². The molecule has 32 heavy (non-hydrogen) atoms. The van der Waals surface area contributed by atoms with Crippen LogP contribution in [0.2, 0.25) is 20.1 Å². The van der Waals surface area contributed by atoms with Crippen molar-refractivity contribution in [2.45, 2.75) is 25.3 Å². The zero-order chi connectivity index (χ0) is 22.2. The molecule has 1 saturated carbocycles. The zero-order valence-electron chi connectivity index (χ0n) is 17.1. The van der Waals surface area contributed by atoms with Gasteiger partial charge in [-0.25, -0.2) is 0 Å². The molecule has 0 N–H and O–H groups in total. The largest absolute Gasteiger partial charge is 0.257 e. The van der Waals surface area contributed by atoms with E-state index >= 15 is 0 Å². The summed E-state index contributed by atoms with van der Waals surface area (Å²) in [5, 5.41) is 9.82. The number of hydrogen-bond acceptors (Lipinski definition) is 2. The predicted molar refractivity (Wildman–Crippen MR) is 137 cm³/mol. The summed E-state index contributed by atoms with van der Waals surface area (Å²) in [5.41, 5.74) is 5.33. The predicted octanol–water partition coefficient (Wildman–Crippen LogP) is 9.10. The molecule has 0 radical (unpaired) electrons. The fraction of sp³-hybridized carbons (Fsp3) is 0.192. The lowest BCUT2D eigenvalue weighted by atomic mass is 9.77. The Morgan fingerprint density at radius 3 is 2.28 bits per heavy atom. The second kappa shape index (κ2) is 9.11. The van der Waals surface area contributed by atoms with Crippen LogP contribution in [0.4, 0.5) is 5.69 Å². The van der Waals surface area contributed by atoms with Crippen molar-refractivity contribution in [1.29, 1.82) is 0 Å². The Bertz CT molecular complexity index is 1220. The van der Waals surface area contributed by atoms with E-state index in [-0.39, 0.29) is 12.0 Å². The number of anilines is 1. The van der Waals surface area contributed by atoms with Crippen LogP contribution in [0, 0.1) is 5.92 Å². The molecule has 0 aromatic heterocycles. The van der Waals surface area contributed by atoms with Gasteiger partial charge in [0.1, 0.15) is 0 Å². The average molecular weight is 502 g/mol. The van der Waals surface area contributed by atoms with Gasteiger partial charge in [0.25, 0.3) is 0 Å². The summed E-state index contributed by atoms with van der Waals surface area (Å²) in [4.78, 5) is 0. The summed E-state index contributed by atoms with van der Waals surface area (Å²) in [6.07, 6.45) is 5.22. The van der Waals surface area contributed by atoms with Crippen molar-refractivity contribution >= 4 is 63.9 Å². The number of allylic oxidation sites excluding steroid dienone is 1. The Kier molecular flexibility index (Phi) is 6.22. The number of halogens is 4. The smallest absolute Gasteiger partial charge is 0.0874 e. The number of hydrazone groups is 1. The standard InChI is InChI=1S/C26H20Cl4N2/c27-18-10-9-16(23(29)14-18)13-17-5-4-8-22-25(17)31-32(20-6-2-1-3-7-20)26(22)21-12-11-19(28)15-24(21)30/h1-3,6-7,9-15,22,26H,4-5,8H2. The van der Waals surface area contributed by atoms with Crippen LogP contribution in [0.5, 0.6) is 0 Å². The van der Waals surface area contributed by atoms with E-state index in [0.717, 1.165) is 41.8 Å². The first-order valence-corrected chi connectivity index (χ1v) is 12.1. The van der Waals surface area contributed by atoms with Crippen LogP contribution in [0.25, 0.3) is 6.08 Å². The van der Waals surface area contributed by atoms with Crippen LogP contribution in [0.3, 0.4) is 0 Å². The van der Waals surface area contributed by atoms with Crippen molar-refractivity contribution in [2.24, 2.45) is 11.0 Å². The van der Waals surface area contributed by atoms with E-state index in [2.05, 4.69) is 23.2 Å². The van der Waals surface area contributed by atoms with E-state index in [9.17, 15) is 0 Å². The normalized spacial score (nSPS) is 21.6. The molecule has 0 saturated heterocycles. The second-order valence-electron chi connectivity index (χ2n) is 8.11. The van der Waals surface area contributed by atoms with Crippen LogP contribution in [-0.2, 0) is 0 Å². The van der Waals surface area contributed by atoms with E-state index in [0.29, 0.717) is 20.1 Å². The van der Waals surface area contributed by atoms with Crippen LogP contribution in [0.15, 0.2) is 77.4 Å². The SMILES string of the molecule is Clc1ccc(C=C2CCCC3C2=NN(c2ccccc2)C3c2ccc(Cl)cc2Cl)c(Cl)c1. The molecule has 6 heteroatoms. The van der Waals surface area contributed by atoms with E-state index in [4.69, 9.17) is 51.5 Å². The maximum Gasteiger partial charge on any atom is 0.0874 e. The summed E-state index contributed by atoms with van der Waals surface area (Å²) in [7, 11) is 0. The van der Waals surface area contributed by atoms with E-state index in [1.807, 2.05) is 48.5 Å². The van der Waals surface area contributed by atoms with Crippen molar-refractivity contribution in [3.63, 3.8) is 0 Å². The lowest BCUT2D eigenvalue weighted by Crippen LogP contribution is -2.28. The zero-order valence-corrected chi connectivity index (χ0v) is 20.1. The molecule has 0 bridgehead atoms. The molecule has 2 aliphatic rings. The molecule has 3 aromatic rings. The molecule has 1 heterocycles. The third-order valence-corrected chi connectivity index (χ3v) is 7.22. The first-order chi connectivity index (χ1) is 15.5. The summed E-state index contributed by atoms with van der Waals surface area (Å²) >= 11 is 25.4. The molecule has 2 unspecified atom stereocenters. The summed E-state index contributed by atoms with van der Waals surface area (Å²) in [6, 6.07) is 21.6. The molecular formula is C26H20Cl4N2. The van der Waals surface area contributed by atoms with Gasteiger partial charge in [-0.2, -0.15) is 5.10 Å². The minimum absolute atomic E-state index is 0.00144. The Hall–Kier alpha value is -1.97. The third kappa shape index (κ3) is 4.18. The van der Waals surface area contributed by atoms with Crippen LogP contribution < -0.4 is 5.01 Å². The molecule has 1 aliphatic heterocycles. The fourth-order valence-electron chi connectivity index (χ4n) is 4.65. The number of hydrogen-bond donors (Lipinski definition) is 0. The van der Waals surface area contributed by atoms with Crippen molar-refractivity contribution in [3.05, 3.63) is 104 Å². The number of rotatable bonds is 3. The second-order valence-corrected chi connectivity index (χ2v) is 9.80. The monoisotopic (exact) mass is 500 g/mol. The number of para-hydroxylation sites is 1. The van der Waals surface area contributed by atoms with Gasteiger partial charge in [-0.05, 0) is 78.4 Å². The van der Waals surface area contributed by atoms with Gasteiger partial charge in [-0.1, -0.05) is 76.7 Å². The number of nitrogens with zero attached hydrogens (tertiary/aromatic N) is 2. The highest BCUT2D eigenvalue weighted by Crippen LogP contribution is 2.48. The van der Waals surface area contributed by atoms with Crippen molar-refractivity contribution in [1.82, 2.24) is 0 Å². The molecule has 1 aliphatic carbocycles. The van der Waals surface area contributed by atoms with Gasteiger partial charge in [0.05, 0.1) is 17.4 Å². The molecule has 5 rings (SSSR count). The maximum atomic E-state index is 6.69. The van der Waals surface area contributed by atoms with Gasteiger partial charge in [0.15, 0.2) is 0 Å². The highest BCUT2D eigenvalue weighted by Gasteiger charge is 2.42.